The van der Waals surface area contributed by atoms with E-state index in [9.17, 15) is 14.4 Å². The van der Waals surface area contributed by atoms with Crippen LogP contribution in [0.2, 0.25) is 0 Å². The average molecular weight is 348 g/mol. The van der Waals surface area contributed by atoms with Crippen LogP contribution in [0.4, 0.5) is 0 Å². The molecule has 0 aromatic heterocycles. The van der Waals surface area contributed by atoms with Crippen LogP contribution in [0.25, 0.3) is 0 Å². The topological polar surface area (TPSA) is 107 Å². The Morgan fingerprint density at radius 3 is 2.12 bits per heavy atom. The number of esters is 3. The van der Waals surface area contributed by atoms with Gasteiger partial charge in [-0.2, -0.15) is 0 Å². The molecule has 138 valence electrons. The van der Waals surface area contributed by atoms with E-state index in [1.165, 1.54) is 27.9 Å². The van der Waals surface area contributed by atoms with Crippen LogP contribution in [0.5, 0.6) is 0 Å². The summed E-state index contributed by atoms with van der Waals surface area (Å²) < 4.78 is 31.8. The van der Waals surface area contributed by atoms with Crippen LogP contribution in [-0.2, 0) is 42.8 Å². The second kappa shape index (κ2) is 8.41. The summed E-state index contributed by atoms with van der Waals surface area (Å²) in [6.07, 6.45) is -3.79. The number of hydrogen-bond donors (Lipinski definition) is 0. The van der Waals surface area contributed by atoms with Gasteiger partial charge in [-0.25, -0.2) is 0 Å². The summed E-state index contributed by atoms with van der Waals surface area (Å²) in [5, 5.41) is 0. The molecule has 1 saturated heterocycles. The maximum atomic E-state index is 11.3. The molecule has 24 heavy (non-hydrogen) atoms. The first-order valence-electron chi connectivity index (χ1n) is 7.42. The first-order valence-corrected chi connectivity index (χ1v) is 7.42. The molecule has 0 radical (unpaired) electrons. The van der Waals surface area contributed by atoms with Gasteiger partial charge in [0.15, 0.2) is 18.0 Å². The Kier molecular flexibility index (Phi) is 7.12. The highest BCUT2D eigenvalue weighted by Crippen LogP contribution is 2.33. The van der Waals surface area contributed by atoms with E-state index >= 15 is 0 Å². The van der Waals surface area contributed by atoms with Gasteiger partial charge in [-0.05, 0) is 13.8 Å². The molecule has 1 rings (SSSR count). The van der Waals surface area contributed by atoms with Gasteiger partial charge in [0, 0.05) is 27.9 Å². The van der Waals surface area contributed by atoms with Crippen molar-refractivity contribution in [2.75, 3.05) is 13.7 Å². The summed E-state index contributed by atoms with van der Waals surface area (Å²) in [6.45, 7) is 6.72. The van der Waals surface area contributed by atoms with Gasteiger partial charge in [0.2, 0.25) is 6.29 Å². The minimum atomic E-state index is -1.06. The SMILES string of the molecule is CO[C@@H]([C@@H](COC(C)=O)OC(C)=O)[C@H]1OC(C)(C)OC1OC(C)=O. The number of methoxy groups -OCH3 is 1. The normalized spacial score (nSPS) is 24.8. The number of hydrogen-bond acceptors (Lipinski definition) is 9. The minimum Gasteiger partial charge on any atom is -0.462 e. The van der Waals surface area contributed by atoms with Gasteiger partial charge >= 0.3 is 17.9 Å². The van der Waals surface area contributed by atoms with Crippen LogP contribution >= 0.6 is 0 Å². The molecule has 0 saturated carbocycles. The van der Waals surface area contributed by atoms with Gasteiger partial charge in [-0.3, -0.25) is 14.4 Å². The number of rotatable bonds is 7. The standard InChI is InChI=1S/C15H24O9/c1-8(16)20-7-11(21-9(2)17)12(19-6)13-14(22-10(3)18)24-15(4,5)23-13/h11-14H,7H2,1-6H3/t11-,12+,13-,14?/m1/s1. The van der Waals surface area contributed by atoms with Gasteiger partial charge < -0.3 is 28.4 Å². The zero-order chi connectivity index (χ0) is 18.5. The van der Waals surface area contributed by atoms with Gasteiger partial charge in [0.05, 0.1) is 0 Å². The Morgan fingerprint density at radius 2 is 1.67 bits per heavy atom. The van der Waals surface area contributed by atoms with Crippen LogP contribution in [0.1, 0.15) is 34.6 Å². The minimum absolute atomic E-state index is 0.236. The van der Waals surface area contributed by atoms with E-state index in [2.05, 4.69) is 0 Å². The maximum Gasteiger partial charge on any atom is 0.305 e. The van der Waals surface area contributed by atoms with E-state index in [1.807, 2.05) is 0 Å². The highest BCUT2D eigenvalue weighted by atomic mass is 16.8. The molecule has 0 amide bonds. The summed E-state index contributed by atoms with van der Waals surface area (Å²) in [6, 6.07) is 0. The van der Waals surface area contributed by atoms with Gasteiger partial charge in [-0.1, -0.05) is 0 Å². The van der Waals surface area contributed by atoms with Crippen LogP contribution in [0.3, 0.4) is 0 Å². The largest absolute Gasteiger partial charge is 0.462 e. The van der Waals surface area contributed by atoms with E-state index in [1.54, 1.807) is 13.8 Å². The monoisotopic (exact) mass is 348 g/mol. The Bertz CT molecular complexity index is 474. The lowest BCUT2D eigenvalue weighted by Crippen LogP contribution is -2.49. The molecule has 9 nitrogen and oxygen atoms in total. The second-order valence-corrected chi connectivity index (χ2v) is 5.73. The van der Waals surface area contributed by atoms with Crippen LogP contribution in [0.15, 0.2) is 0 Å². The zero-order valence-corrected chi connectivity index (χ0v) is 14.7. The summed E-state index contributed by atoms with van der Waals surface area (Å²) in [5.74, 6) is -2.73. The molecule has 0 bridgehead atoms. The molecule has 0 spiro atoms. The van der Waals surface area contributed by atoms with E-state index < -0.39 is 48.3 Å². The van der Waals surface area contributed by atoms with E-state index in [4.69, 9.17) is 28.4 Å². The molecule has 0 aromatic carbocycles. The van der Waals surface area contributed by atoms with E-state index in [0.29, 0.717) is 0 Å². The van der Waals surface area contributed by atoms with Crippen molar-refractivity contribution in [2.45, 2.75) is 65.0 Å². The lowest BCUT2D eigenvalue weighted by Gasteiger charge is -2.30. The van der Waals surface area contributed by atoms with Crippen LogP contribution in [-0.4, -0.2) is 62.0 Å². The molecule has 1 unspecified atom stereocenters. The van der Waals surface area contributed by atoms with Crippen molar-refractivity contribution in [3.05, 3.63) is 0 Å². The Morgan fingerprint density at radius 1 is 1.04 bits per heavy atom. The molecule has 9 heteroatoms. The van der Waals surface area contributed by atoms with Crippen molar-refractivity contribution in [3.63, 3.8) is 0 Å². The third-order valence-electron chi connectivity index (χ3n) is 3.10. The van der Waals surface area contributed by atoms with Crippen molar-refractivity contribution >= 4 is 17.9 Å². The lowest BCUT2D eigenvalue weighted by molar-refractivity contribution is -0.196. The predicted octanol–water partition coefficient (Wildman–Crippen LogP) is 0.537. The molecule has 0 aliphatic carbocycles. The molecular formula is C15H24O9. The summed E-state index contributed by atoms with van der Waals surface area (Å²) in [7, 11) is 1.37. The second-order valence-electron chi connectivity index (χ2n) is 5.73. The Labute approximate surface area is 140 Å². The molecule has 1 aliphatic heterocycles. The van der Waals surface area contributed by atoms with Gasteiger partial charge in [0.1, 0.15) is 12.7 Å². The molecular weight excluding hydrogens is 324 g/mol. The smallest absolute Gasteiger partial charge is 0.305 e. The molecule has 0 aromatic rings. The highest BCUT2D eigenvalue weighted by Gasteiger charge is 2.50. The van der Waals surface area contributed by atoms with Crippen molar-refractivity contribution in [1.29, 1.82) is 0 Å². The average Bonchev–Trinajstić information content (AvgIpc) is 2.70. The van der Waals surface area contributed by atoms with Crippen molar-refractivity contribution in [1.82, 2.24) is 0 Å². The van der Waals surface area contributed by atoms with Crippen molar-refractivity contribution < 1.29 is 42.8 Å². The Hall–Kier alpha value is -1.71. The maximum absolute atomic E-state index is 11.3. The first kappa shape index (κ1) is 20.3. The van der Waals surface area contributed by atoms with Gasteiger partial charge in [0.25, 0.3) is 0 Å². The fourth-order valence-corrected chi connectivity index (χ4v) is 2.34. The predicted molar refractivity (Wildman–Crippen MR) is 78.6 cm³/mol. The Balaban J connectivity index is 3.00. The quantitative estimate of drug-likeness (QED) is 0.481. The zero-order valence-electron chi connectivity index (χ0n) is 14.7. The van der Waals surface area contributed by atoms with E-state index in [0.717, 1.165) is 0 Å². The van der Waals surface area contributed by atoms with Crippen molar-refractivity contribution in [3.8, 4) is 0 Å². The summed E-state index contributed by atoms with van der Waals surface area (Å²) in [5.41, 5.74) is 0. The summed E-state index contributed by atoms with van der Waals surface area (Å²) in [4.78, 5) is 33.7. The molecule has 1 heterocycles. The van der Waals surface area contributed by atoms with Crippen LogP contribution in [0, 0.1) is 0 Å². The first-order chi connectivity index (χ1) is 11.1. The van der Waals surface area contributed by atoms with Crippen molar-refractivity contribution in [2.24, 2.45) is 0 Å². The molecule has 1 aliphatic rings. The molecule has 4 atom stereocenters. The van der Waals surface area contributed by atoms with Gasteiger partial charge in [-0.15, -0.1) is 0 Å². The third-order valence-corrected chi connectivity index (χ3v) is 3.10. The van der Waals surface area contributed by atoms with E-state index in [-0.39, 0.29) is 6.61 Å². The number of carbonyl (C=O) groups is 3. The summed E-state index contributed by atoms with van der Waals surface area (Å²) >= 11 is 0. The lowest BCUT2D eigenvalue weighted by atomic mass is 10.1. The highest BCUT2D eigenvalue weighted by molar-refractivity contribution is 5.67. The number of carbonyl (C=O) groups excluding carboxylic acids is 3. The fraction of sp³-hybridized carbons (Fsp3) is 0.800. The molecule has 1 fully saturated rings. The fourth-order valence-electron chi connectivity index (χ4n) is 2.34. The third kappa shape index (κ3) is 6.06. The van der Waals surface area contributed by atoms with Crippen LogP contribution < -0.4 is 0 Å². The number of ether oxygens (including phenoxy) is 6. The molecule has 0 N–H and O–H groups in total.